The highest BCUT2D eigenvalue weighted by Crippen LogP contribution is 2.41. The molecule has 2 aliphatic rings. The number of ether oxygens (including phenoxy) is 2. The Balaban J connectivity index is 1.18. The summed E-state index contributed by atoms with van der Waals surface area (Å²) in [5, 5.41) is 0. The Labute approximate surface area is 240 Å². The van der Waals surface area contributed by atoms with Crippen molar-refractivity contribution < 1.29 is 31.6 Å². The van der Waals surface area contributed by atoms with E-state index in [9.17, 15) is 12.8 Å². The number of likely N-dealkylation sites (tertiary alicyclic amines) is 1. The van der Waals surface area contributed by atoms with Crippen LogP contribution in [-0.2, 0) is 22.8 Å². The summed E-state index contributed by atoms with van der Waals surface area (Å²) in [6, 6.07) is 16.1. The van der Waals surface area contributed by atoms with Crippen LogP contribution in [-0.4, -0.2) is 46.0 Å². The molecular formula is C32H36FN2O5S+. The number of halogens is 1. The van der Waals surface area contributed by atoms with E-state index in [-0.39, 0.29) is 10.7 Å². The molecule has 41 heavy (non-hydrogen) atoms. The number of hydrogen-bond acceptors (Lipinski definition) is 6. The van der Waals surface area contributed by atoms with Gasteiger partial charge in [0.2, 0.25) is 0 Å². The minimum atomic E-state index is -3.29. The van der Waals surface area contributed by atoms with Gasteiger partial charge in [-0.1, -0.05) is 12.1 Å². The number of hydrogen-bond donors (Lipinski definition) is 1. The molecule has 2 heterocycles. The number of fused-ring (bicyclic) bond motifs is 2. The smallest absolute Gasteiger partial charge is 0.195 e. The maximum absolute atomic E-state index is 13.6. The van der Waals surface area contributed by atoms with Crippen molar-refractivity contribution in [3.63, 3.8) is 0 Å². The van der Waals surface area contributed by atoms with Crippen molar-refractivity contribution >= 4 is 20.9 Å². The van der Waals surface area contributed by atoms with Crippen molar-refractivity contribution in [1.29, 1.82) is 0 Å². The number of rotatable bonds is 9. The zero-order valence-corrected chi connectivity index (χ0v) is 24.5. The monoisotopic (exact) mass is 579 g/mol. The minimum Gasteiger partial charge on any atom is -0.496 e. The van der Waals surface area contributed by atoms with Gasteiger partial charge < -0.3 is 18.8 Å². The lowest BCUT2D eigenvalue weighted by molar-refractivity contribution is -0.927. The third kappa shape index (κ3) is 5.57. The van der Waals surface area contributed by atoms with Crippen LogP contribution in [0.2, 0.25) is 0 Å². The number of methoxy groups -OCH3 is 1. The Morgan fingerprint density at radius 2 is 1.83 bits per heavy atom. The summed E-state index contributed by atoms with van der Waals surface area (Å²) >= 11 is 0. The van der Waals surface area contributed by atoms with Crippen LogP contribution in [0.15, 0.2) is 63.9 Å². The molecule has 4 aromatic rings. The highest BCUT2D eigenvalue weighted by atomic mass is 32.2. The zero-order valence-electron chi connectivity index (χ0n) is 23.7. The van der Waals surface area contributed by atoms with E-state index in [1.54, 1.807) is 42.3 Å². The zero-order chi connectivity index (χ0) is 28.7. The van der Waals surface area contributed by atoms with Crippen molar-refractivity contribution in [2.24, 2.45) is 11.8 Å². The van der Waals surface area contributed by atoms with Crippen molar-refractivity contribution in [3.05, 3.63) is 71.9 Å². The summed E-state index contributed by atoms with van der Waals surface area (Å²) in [7, 11) is -1.63. The third-order valence-corrected chi connectivity index (χ3v) is 9.88. The average Bonchev–Trinajstić information content (AvgIpc) is 3.65. The normalized spacial score (nSPS) is 22.2. The second-order valence-corrected chi connectivity index (χ2v) is 13.3. The summed E-state index contributed by atoms with van der Waals surface area (Å²) in [5.41, 5.74) is 4.09. The van der Waals surface area contributed by atoms with Crippen LogP contribution in [0, 0.1) is 17.7 Å². The lowest BCUT2D eigenvalue weighted by Crippen LogP contribution is -3.12. The molecule has 1 saturated carbocycles. The van der Waals surface area contributed by atoms with Gasteiger partial charge in [-0.25, -0.2) is 17.8 Å². The fourth-order valence-electron chi connectivity index (χ4n) is 6.94. The van der Waals surface area contributed by atoms with Crippen LogP contribution in [0.1, 0.15) is 37.6 Å². The van der Waals surface area contributed by atoms with Gasteiger partial charge in [0.1, 0.15) is 29.4 Å². The maximum Gasteiger partial charge on any atom is 0.195 e. The summed E-state index contributed by atoms with van der Waals surface area (Å²) in [5.74, 6) is 2.98. The highest BCUT2D eigenvalue weighted by Gasteiger charge is 2.47. The molecule has 2 unspecified atom stereocenters. The summed E-state index contributed by atoms with van der Waals surface area (Å²) in [4.78, 5) is 6.48. The molecule has 0 amide bonds. The van der Waals surface area contributed by atoms with E-state index < -0.39 is 9.84 Å². The molecule has 1 N–H and O–H groups in total. The van der Waals surface area contributed by atoms with E-state index in [1.807, 2.05) is 6.92 Å². The largest absolute Gasteiger partial charge is 0.496 e. The number of sulfone groups is 1. The lowest BCUT2D eigenvalue weighted by Gasteiger charge is -2.23. The molecule has 3 aromatic carbocycles. The van der Waals surface area contributed by atoms with Crippen LogP contribution in [0.4, 0.5) is 4.39 Å². The fourth-order valence-corrected chi connectivity index (χ4v) is 7.58. The van der Waals surface area contributed by atoms with Crippen LogP contribution in [0.5, 0.6) is 11.5 Å². The summed E-state index contributed by atoms with van der Waals surface area (Å²) in [6.07, 6.45) is 5.42. The van der Waals surface area contributed by atoms with E-state index >= 15 is 0 Å². The van der Waals surface area contributed by atoms with Gasteiger partial charge in [0, 0.05) is 30.6 Å². The molecule has 1 aromatic heterocycles. The number of quaternary nitrogens is 1. The van der Waals surface area contributed by atoms with Crippen LogP contribution in [0.3, 0.4) is 0 Å². The van der Waals surface area contributed by atoms with Crippen molar-refractivity contribution in [3.8, 4) is 22.6 Å². The topological polar surface area (TPSA) is 83.1 Å². The highest BCUT2D eigenvalue weighted by molar-refractivity contribution is 7.90. The molecule has 2 fully saturated rings. The van der Waals surface area contributed by atoms with Crippen molar-refractivity contribution in [1.82, 2.24) is 4.98 Å². The number of nitrogens with one attached hydrogen (secondary N) is 1. The molecule has 7 nitrogen and oxygen atoms in total. The van der Waals surface area contributed by atoms with E-state index in [0.717, 1.165) is 67.0 Å². The first-order valence-corrected chi connectivity index (χ1v) is 16.2. The number of benzene rings is 3. The second-order valence-electron chi connectivity index (χ2n) is 11.3. The molecule has 1 aliphatic heterocycles. The Morgan fingerprint density at radius 3 is 2.56 bits per heavy atom. The summed E-state index contributed by atoms with van der Waals surface area (Å²) in [6.45, 7) is 4.47. The van der Waals surface area contributed by atoms with E-state index in [4.69, 9.17) is 13.9 Å². The second kappa shape index (κ2) is 11.1. The molecule has 0 radical (unpaired) electrons. The molecule has 0 spiro atoms. The fraction of sp³-hybridized carbons (Fsp3) is 0.406. The van der Waals surface area contributed by atoms with Gasteiger partial charge >= 0.3 is 0 Å². The average molecular weight is 580 g/mol. The predicted molar refractivity (Wildman–Crippen MR) is 155 cm³/mol. The molecule has 1 saturated heterocycles. The number of nitrogens with zero attached hydrogens (tertiary/aromatic N) is 1. The Hall–Kier alpha value is -3.43. The first kappa shape index (κ1) is 27.7. The van der Waals surface area contributed by atoms with Crippen LogP contribution >= 0.6 is 0 Å². The molecular weight excluding hydrogens is 543 g/mol. The molecule has 4 atom stereocenters. The van der Waals surface area contributed by atoms with Gasteiger partial charge in [0.05, 0.1) is 36.8 Å². The molecule has 0 bridgehead atoms. The number of oxazole rings is 1. The lowest BCUT2D eigenvalue weighted by atomic mass is 9.90. The molecule has 1 aliphatic carbocycles. The van der Waals surface area contributed by atoms with Gasteiger partial charge in [0.25, 0.3) is 0 Å². The predicted octanol–water partition coefficient (Wildman–Crippen LogP) is 4.87. The SMILES string of the molecule is CCOc1cc(C[NH+]2CC[C@H]3C(Cc4nc5cc(S(C)(=O)=O)ccc5o4)CC[C@H]32)cc(OC)c1-c1ccc(F)cc1. The van der Waals surface area contributed by atoms with Crippen LogP contribution < -0.4 is 14.4 Å². The van der Waals surface area contributed by atoms with E-state index in [2.05, 4.69) is 17.1 Å². The standard InChI is InChI=1S/C32H35FN2O5S/c1-4-39-30-16-20(15-29(38-2)32(30)21-5-8-23(33)9-6-21)19-35-14-13-25-22(7-11-27(25)35)17-31-34-26-18-24(41(3,36)37)10-12-28(26)40-31/h5-6,8-10,12,15-16,18,22,25,27H,4,7,11,13-14,17,19H2,1-3H3/p+1/t22?,25-,27+/m0/s1. The Bertz CT molecular complexity index is 1670. The van der Waals surface area contributed by atoms with Gasteiger partial charge in [-0.3, -0.25) is 0 Å². The van der Waals surface area contributed by atoms with Gasteiger partial charge in [0.15, 0.2) is 21.3 Å². The first-order valence-electron chi connectivity index (χ1n) is 14.3. The first-order chi connectivity index (χ1) is 19.7. The van der Waals surface area contributed by atoms with Crippen molar-refractivity contribution in [2.45, 2.75) is 50.1 Å². The third-order valence-electron chi connectivity index (χ3n) is 8.77. The molecule has 216 valence electrons. The molecule has 6 rings (SSSR count). The van der Waals surface area contributed by atoms with Gasteiger partial charge in [-0.15, -0.1) is 0 Å². The van der Waals surface area contributed by atoms with Crippen LogP contribution in [0.25, 0.3) is 22.2 Å². The summed E-state index contributed by atoms with van der Waals surface area (Å²) < 4.78 is 55.4. The van der Waals surface area contributed by atoms with Gasteiger partial charge in [-0.05, 0) is 73.7 Å². The molecule has 9 heteroatoms. The van der Waals surface area contributed by atoms with Gasteiger partial charge in [-0.2, -0.15) is 0 Å². The Morgan fingerprint density at radius 1 is 1.05 bits per heavy atom. The maximum atomic E-state index is 13.6. The minimum absolute atomic E-state index is 0.260. The van der Waals surface area contributed by atoms with E-state index in [0.29, 0.717) is 41.5 Å². The number of aromatic nitrogens is 1. The van der Waals surface area contributed by atoms with Crippen molar-refractivity contribution in [2.75, 3.05) is 26.5 Å². The quantitative estimate of drug-likeness (QED) is 0.305. The Kier molecular flexibility index (Phi) is 7.50. The van der Waals surface area contributed by atoms with E-state index in [1.165, 1.54) is 18.4 Å².